The molecule has 40 heavy (non-hydrogen) atoms. The van der Waals surface area contributed by atoms with E-state index in [9.17, 15) is 18.0 Å². The van der Waals surface area contributed by atoms with E-state index in [4.69, 9.17) is 4.74 Å². The highest BCUT2D eigenvalue weighted by Gasteiger charge is 2.33. The van der Waals surface area contributed by atoms with Gasteiger partial charge in [0.1, 0.15) is 18.3 Å². The van der Waals surface area contributed by atoms with Crippen molar-refractivity contribution in [2.45, 2.75) is 63.1 Å². The van der Waals surface area contributed by atoms with E-state index in [-0.39, 0.29) is 23.4 Å². The molecule has 0 spiro atoms. The molecular formula is C31H37N3O5S. The second kappa shape index (κ2) is 13.0. The molecule has 3 aromatic rings. The first-order valence-electron chi connectivity index (χ1n) is 13.6. The number of amides is 2. The number of sulfonamides is 1. The van der Waals surface area contributed by atoms with Crippen LogP contribution in [0.5, 0.6) is 5.75 Å². The summed E-state index contributed by atoms with van der Waals surface area (Å²) in [7, 11) is -2.52. The van der Waals surface area contributed by atoms with Gasteiger partial charge in [-0.1, -0.05) is 55.3 Å². The maximum atomic E-state index is 14.0. The molecular weight excluding hydrogens is 526 g/mol. The van der Waals surface area contributed by atoms with E-state index in [1.807, 2.05) is 25.1 Å². The molecule has 1 saturated carbocycles. The minimum atomic E-state index is -4.08. The van der Waals surface area contributed by atoms with E-state index < -0.39 is 28.5 Å². The number of hydrogen-bond donors (Lipinski definition) is 1. The normalized spacial score (nSPS) is 14.4. The molecule has 0 saturated heterocycles. The number of carbonyl (C=O) groups excluding carboxylic acids is 2. The van der Waals surface area contributed by atoms with Gasteiger partial charge in [-0.2, -0.15) is 0 Å². The Labute approximate surface area is 237 Å². The lowest BCUT2D eigenvalue weighted by atomic mass is 10.1. The molecule has 0 unspecified atom stereocenters. The number of nitrogens with one attached hydrogen (secondary N) is 1. The summed E-state index contributed by atoms with van der Waals surface area (Å²) in [5, 5.41) is 3.08. The zero-order valence-electron chi connectivity index (χ0n) is 23.2. The lowest BCUT2D eigenvalue weighted by Gasteiger charge is -2.32. The lowest BCUT2D eigenvalue weighted by molar-refractivity contribution is -0.139. The molecule has 1 N–H and O–H groups in total. The molecule has 2 amide bonds. The van der Waals surface area contributed by atoms with Crippen LogP contribution in [0.4, 0.5) is 5.69 Å². The van der Waals surface area contributed by atoms with Crippen LogP contribution in [0, 0.1) is 6.92 Å². The smallest absolute Gasteiger partial charge is 0.264 e. The first-order chi connectivity index (χ1) is 19.2. The Morgan fingerprint density at radius 2 is 1.68 bits per heavy atom. The van der Waals surface area contributed by atoms with Crippen molar-refractivity contribution in [2.75, 3.05) is 18.0 Å². The van der Waals surface area contributed by atoms with Gasteiger partial charge >= 0.3 is 0 Å². The Morgan fingerprint density at radius 1 is 0.975 bits per heavy atom. The topological polar surface area (TPSA) is 96.0 Å². The van der Waals surface area contributed by atoms with Gasteiger partial charge in [-0.15, -0.1) is 0 Å². The van der Waals surface area contributed by atoms with Gasteiger partial charge < -0.3 is 15.0 Å². The van der Waals surface area contributed by atoms with E-state index in [0.29, 0.717) is 11.4 Å². The van der Waals surface area contributed by atoms with Gasteiger partial charge in [0.05, 0.1) is 17.7 Å². The van der Waals surface area contributed by atoms with Crippen molar-refractivity contribution in [1.82, 2.24) is 10.2 Å². The SMILES string of the molecule is COc1cccc(CN(C(=O)CN(c2cccc(C)c2)S(=O)(=O)c2ccccc2)[C@@H](C)C(=O)NC2CCCC2)c1. The summed E-state index contributed by atoms with van der Waals surface area (Å²) in [6.07, 6.45) is 3.96. The Hall–Kier alpha value is -3.85. The van der Waals surface area contributed by atoms with Crippen LogP contribution in [0.15, 0.2) is 83.8 Å². The van der Waals surface area contributed by atoms with Crippen molar-refractivity contribution in [3.8, 4) is 5.75 Å². The Morgan fingerprint density at radius 3 is 2.35 bits per heavy atom. The molecule has 4 rings (SSSR count). The van der Waals surface area contributed by atoms with Crippen molar-refractivity contribution in [3.63, 3.8) is 0 Å². The second-order valence-electron chi connectivity index (χ2n) is 10.2. The molecule has 0 aromatic heterocycles. The first-order valence-corrected chi connectivity index (χ1v) is 15.0. The summed E-state index contributed by atoms with van der Waals surface area (Å²) in [5.74, 6) is -0.116. The van der Waals surface area contributed by atoms with Crippen LogP contribution >= 0.6 is 0 Å². The van der Waals surface area contributed by atoms with Crippen LogP contribution in [-0.2, 0) is 26.2 Å². The van der Waals surface area contributed by atoms with Gasteiger partial charge in [-0.05, 0) is 74.2 Å². The number of rotatable bonds is 11. The number of ether oxygens (including phenoxy) is 1. The average Bonchev–Trinajstić information content (AvgIpc) is 3.47. The third-order valence-corrected chi connectivity index (χ3v) is 9.04. The van der Waals surface area contributed by atoms with Gasteiger partial charge in [0.15, 0.2) is 0 Å². The van der Waals surface area contributed by atoms with Crippen molar-refractivity contribution < 1.29 is 22.7 Å². The van der Waals surface area contributed by atoms with Gasteiger partial charge in [-0.25, -0.2) is 8.42 Å². The number of carbonyl (C=O) groups is 2. The first kappa shape index (κ1) is 29.1. The van der Waals surface area contributed by atoms with E-state index in [0.717, 1.165) is 41.1 Å². The van der Waals surface area contributed by atoms with E-state index in [1.54, 1.807) is 62.6 Å². The zero-order valence-corrected chi connectivity index (χ0v) is 24.1. The maximum absolute atomic E-state index is 14.0. The van der Waals surface area contributed by atoms with Gasteiger partial charge in [0.25, 0.3) is 10.0 Å². The molecule has 3 aromatic carbocycles. The minimum absolute atomic E-state index is 0.0793. The predicted molar refractivity (Wildman–Crippen MR) is 156 cm³/mol. The molecule has 0 heterocycles. The third-order valence-electron chi connectivity index (χ3n) is 7.26. The summed E-state index contributed by atoms with van der Waals surface area (Å²) in [6.45, 7) is 3.20. The molecule has 1 fully saturated rings. The van der Waals surface area contributed by atoms with E-state index in [1.165, 1.54) is 17.0 Å². The zero-order chi connectivity index (χ0) is 28.7. The molecule has 1 atom stereocenters. The number of benzene rings is 3. The number of hydrogen-bond acceptors (Lipinski definition) is 5. The molecule has 1 aliphatic rings. The second-order valence-corrected chi connectivity index (χ2v) is 12.1. The fraction of sp³-hybridized carbons (Fsp3) is 0.355. The molecule has 8 nitrogen and oxygen atoms in total. The summed E-state index contributed by atoms with van der Waals surface area (Å²) in [5.41, 5.74) is 2.00. The van der Waals surface area contributed by atoms with E-state index >= 15 is 0 Å². The molecule has 212 valence electrons. The highest BCUT2D eigenvalue weighted by molar-refractivity contribution is 7.92. The summed E-state index contributed by atoms with van der Waals surface area (Å²) >= 11 is 0. The van der Waals surface area contributed by atoms with Gasteiger partial charge in [0.2, 0.25) is 11.8 Å². The number of aryl methyl sites for hydroxylation is 1. The minimum Gasteiger partial charge on any atom is -0.497 e. The fourth-order valence-electron chi connectivity index (χ4n) is 4.97. The fourth-order valence-corrected chi connectivity index (χ4v) is 6.40. The van der Waals surface area contributed by atoms with Crippen LogP contribution < -0.4 is 14.4 Å². The molecule has 0 bridgehead atoms. The largest absolute Gasteiger partial charge is 0.497 e. The summed E-state index contributed by atoms with van der Waals surface area (Å²) in [6, 6.07) is 21.6. The van der Waals surface area contributed by atoms with Gasteiger partial charge in [-0.3, -0.25) is 13.9 Å². The summed E-state index contributed by atoms with van der Waals surface area (Å²) < 4.78 is 34.1. The van der Waals surface area contributed by atoms with Crippen LogP contribution in [0.25, 0.3) is 0 Å². The number of anilines is 1. The van der Waals surface area contributed by atoms with Crippen LogP contribution in [0.1, 0.15) is 43.7 Å². The molecule has 9 heteroatoms. The highest BCUT2D eigenvalue weighted by atomic mass is 32.2. The lowest BCUT2D eigenvalue weighted by Crippen LogP contribution is -2.52. The monoisotopic (exact) mass is 563 g/mol. The van der Waals surface area contributed by atoms with Crippen molar-refractivity contribution >= 4 is 27.5 Å². The van der Waals surface area contributed by atoms with Crippen LogP contribution in [-0.4, -0.2) is 50.9 Å². The third kappa shape index (κ3) is 7.01. The molecule has 0 radical (unpaired) electrons. The molecule has 1 aliphatic carbocycles. The van der Waals surface area contributed by atoms with Crippen molar-refractivity contribution in [1.29, 1.82) is 0 Å². The quantitative estimate of drug-likeness (QED) is 0.366. The number of nitrogens with zero attached hydrogens (tertiary/aromatic N) is 2. The molecule has 0 aliphatic heterocycles. The van der Waals surface area contributed by atoms with Crippen molar-refractivity contribution in [2.24, 2.45) is 0 Å². The maximum Gasteiger partial charge on any atom is 0.264 e. The number of methoxy groups -OCH3 is 1. The van der Waals surface area contributed by atoms with Crippen LogP contribution in [0.2, 0.25) is 0 Å². The van der Waals surface area contributed by atoms with Crippen molar-refractivity contribution in [3.05, 3.63) is 90.0 Å². The Balaban J connectivity index is 1.68. The predicted octanol–water partition coefficient (Wildman–Crippen LogP) is 4.68. The van der Waals surface area contributed by atoms with Gasteiger partial charge in [0, 0.05) is 12.6 Å². The van der Waals surface area contributed by atoms with E-state index in [2.05, 4.69) is 5.32 Å². The standard InChI is InChI=1S/C31H37N3O5S/c1-23-11-9-15-27(19-23)34(40(37,38)29-17-5-4-6-18-29)22-30(35)33(21-25-12-10-16-28(20-25)39-3)24(2)31(36)32-26-13-7-8-14-26/h4-6,9-12,15-20,24,26H,7-8,13-14,21-22H2,1-3H3,(H,32,36)/t24-/m0/s1. The van der Waals surface area contributed by atoms with Crippen LogP contribution in [0.3, 0.4) is 0 Å². The Bertz CT molecular complexity index is 1420. The Kier molecular flexibility index (Phi) is 9.47. The highest BCUT2D eigenvalue weighted by Crippen LogP contribution is 2.26. The average molecular weight is 564 g/mol. The summed E-state index contributed by atoms with van der Waals surface area (Å²) in [4.78, 5) is 28.9.